The molecule has 0 atom stereocenters. The van der Waals surface area contributed by atoms with E-state index in [0.717, 1.165) is 11.3 Å². The van der Waals surface area contributed by atoms with Crippen LogP contribution < -0.4 is 5.43 Å². The molecular formula is C17H13NO. The van der Waals surface area contributed by atoms with Crippen LogP contribution in [0.2, 0.25) is 0 Å². The summed E-state index contributed by atoms with van der Waals surface area (Å²) in [7, 11) is 0. The molecular weight excluding hydrogens is 234 g/mol. The molecule has 0 saturated carbocycles. The minimum Gasteiger partial charge on any atom is -0.361 e. The number of aromatic amines is 1. The largest absolute Gasteiger partial charge is 0.361 e. The maximum atomic E-state index is 11.3. The Morgan fingerprint density at radius 2 is 1.32 bits per heavy atom. The number of benzene rings is 2. The minimum absolute atomic E-state index is 0.0147. The molecule has 0 aliphatic carbocycles. The van der Waals surface area contributed by atoms with Crippen LogP contribution in [0.4, 0.5) is 0 Å². The number of rotatable bonds is 2. The Balaban J connectivity index is 1.98. The van der Waals surface area contributed by atoms with Crippen LogP contribution in [0.1, 0.15) is 0 Å². The van der Waals surface area contributed by atoms with Gasteiger partial charge in [0, 0.05) is 24.0 Å². The van der Waals surface area contributed by atoms with E-state index in [1.807, 2.05) is 30.3 Å². The lowest BCUT2D eigenvalue weighted by Gasteiger charge is -2.04. The van der Waals surface area contributed by atoms with Crippen molar-refractivity contribution in [1.82, 2.24) is 4.98 Å². The monoisotopic (exact) mass is 247 g/mol. The molecule has 3 rings (SSSR count). The van der Waals surface area contributed by atoms with E-state index in [9.17, 15) is 4.79 Å². The third-order valence-corrected chi connectivity index (χ3v) is 3.08. The molecule has 92 valence electrons. The Morgan fingerprint density at radius 3 is 2.00 bits per heavy atom. The second-order valence-electron chi connectivity index (χ2n) is 4.38. The number of aromatic nitrogens is 1. The fourth-order valence-electron chi connectivity index (χ4n) is 2.09. The summed E-state index contributed by atoms with van der Waals surface area (Å²) in [6, 6.07) is 21.5. The summed E-state index contributed by atoms with van der Waals surface area (Å²) in [5, 5.41) is 0. The van der Waals surface area contributed by atoms with Crippen molar-refractivity contribution in [3.05, 3.63) is 83.2 Å². The van der Waals surface area contributed by atoms with E-state index in [1.165, 1.54) is 17.2 Å². The highest BCUT2D eigenvalue weighted by Crippen LogP contribution is 2.22. The van der Waals surface area contributed by atoms with Gasteiger partial charge < -0.3 is 4.98 Å². The van der Waals surface area contributed by atoms with Crippen LogP contribution in [0.3, 0.4) is 0 Å². The smallest absolute Gasteiger partial charge is 0.182 e. The average molecular weight is 247 g/mol. The molecule has 0 unspecified atom stereocenters. The maximum Gasteiger partial charge on any atom is 0.182 e. The van der Waals surface area contributed by atoms with Gasteiger partial charge in [-0.1, -0.05) is 54.6 Å². The number of hydrogen-bond acceptors (Lipinski definition) is 1. The predicted octanol–water partition coefficient (Wildman–Crippen LogP) is 3.71. The fourth-order valence-corrected chi connectivity index (χ4v) is 2.09. The molecule has 2 aromatic carbocycles. The van der Waals surface area contributed by atoms with Crippen LogP contribution in [0, 0.1) is 0 Å². The number of hydrogen-bond donors (Lipinski definition) is 1. The van der Waals surface area contributed by atoms with Gasteiger partial charge in [-0.2, -0.15) is 0 Å². The lowest BCUT2D eigenvalue weighted by Crippen LogP contribution is -1.97. The zero-order valence-corrected chi connectivity index (χ0v) is 10.3. The molecule has 1 heterocycles. The Bertz CT molecular complexity index is 727. The summed E-state index contributed by atoms with van der Waals surface area (Å²) in [5.74, 6) is 0. The standard InChI is InChI=1S/C17H13NO/c19-16-10-11-18-17(12-16)15-8-6-14(7-9-15)13-4-2-1-3-5-13/h1-12H,(H,18,19). The van der Waals surface area contributed by atoms with Crippen LogP contribution in [0.25, 0.3) is 22.4 Å². The molecule has 1 aromatic heterocycles. The number of pyridine rings is 1. The molecule has 0 amide bonds. The first-order valence-electron chi connectivity index (χ1n) is 6.17. The Morgan fingerprint density at radius 1 is 0.684 bits per heavy atom. The first-order chi connectivity index (χ1) is 9.33. The summed E-state index contributed by atoms with van der Waals surface area (Å²) in [4.78, 5) is 14.4. The third-order valence-electron chi connectivity index (χ3n) is 3.08. The van der Waals surface area contributed by atoms with E-state index in [-0.39, 0.29) is 5.43 Å². The Hall–Kier alpha value is -2.61. The van der Waals surface area contributed by atoms with Gasteiger partial charge in [0.05, 0.1) is 0 Å². The highest BCUT2D eigenvalue weighted by Gasteiger charge is 2.00. The first-order valence-corrected chi connectivity index (χ1v) is 6.17. The van der Waals surface area contributed by atoms with E-state index in [4.69, 9.17) is 0 Å². The Labute approximate surface area is 111 Å². The molecule has 0 aliphatic heterocycles. The van der Waals surface area contributed by atoms with Crippen molar-refractivity contribution in [1.29, 1.82) is 0 Å². The molecule has 0 aliphatic rings. The van der Waals surface area contributed by atoms with Crippen molar-refractivity contribution >= 4 is 0 Å². The average Bonchev–Trinajstić information content (AvgIpc) is 2.48. The maximum absolute atomic E-state index is 11.3. The number of nitrogens with one attached hydrogen (secondary N) is 1. The summed E-state index contributed by atoms with van der Waals surface area (Å²) in [6.07, 6.45) is 1.67. The zero-order valence-electron chi connectivity index (χ0n) is 10.3. The molecule has 19 heavy (non-hydrogen) atoms. The summed E-state index contributed by atoms with van der Waals surface area (Å²) in [6.45, 7) is 0. The second-order valence-corrected chi connectivity index (χ2v) is 4.38. The van der Waals surface area contributed by atoms with E-state index in [2.05, 4.69) is 29.2 Å². The van der Waals surface area contributed by atoms with Crippen molar-refractivity contribution in [3.8, 4) is 22.4 Å². The van der Waals surface area contributed by atoms with Gasteiger partial charge in [-0.25, -0.2) is 0 Å². The molecule has 1 N–H and O–H groups in total. The second kappa shape index (κ2) is 4.94. The Kier molecular flexibility index (Phi) is 2.99. The lowest BCUT2D eigenvalue weighted by molar-refractivity contribution is 1.30. The molecule has 2 heteroatoms. The molecule has 2 nitrogen and oxygen atoms in total. The van der Waals surface area contributed by atoms with Crippen LogP contribution in [-0.4, -0.2) is 4.98 Å². The van der Waals surface area contributed by atoms with Crippen LogP contribution >= 0.6 is 0 Å². The summed E-state index contributed by atoms with van der Waals surface area (Å²) >= 11 is 0. The van der Waals surface area contributed by atoms with Crippen LogP contribution in [0.15, 0.2) is 77.7 Å². The van der Waals surface area contributed by atoms with Gasteiger partial charge in [0.1, 0.15) is 0 Å². The first kappa shape index (κ1) is 11.5. The van der Waals surface area contributed by atoms with E-state index < -0.39 is 0 Å². The molecule has 0 spiro atoms. The van der Waals surface area contributed by atoms with E-state index >= 15 is 0 Å². The van der Waals surface area contributed by atoms with E-state index in [0.29, 0.717) is 0 Å². The third kappa shape index (κ3) is 2.47. The molecule has 3 aromatic rings. The van der Waals surface area contributed by atoms with Crippen molar-refractivity contribution < 1.29 is 0 Å². The highest BCUT2D eigenvalue weighted by molar-refractivity contribution is 5.68. The van der Waals surface area contributed by atoms with Gasteiger partial charge in [0.2, 0.25) is 0 Å². The summed E-state index contributed by atoms with van der Waals surface area (Å²) < 4.78 is 0. The minimum atomic E-state index is 0.0147. The topological polar surface area (TPSA) is 32.9 Å². The van der Waals surface area contributed by atoms with Gasteiger partial charge in [-0.15, -0.1) is 0 Å². The molecule has 0 radical (unpaired) electrons. The normalized spacial score (nSPS) is 10.3. The SMILES string of the molecule is O=c1cc[nH]c(-c2ccc(-c3ccccc3)cc2)c1. The van der Waals surface area contributed by atoms with Crippen LogP contribution in [0.5, 0.6) is 0 Å². The van der Waals surface area contributed by atoms with Crippen molar-refractivity contribution in [3.63, 3.8) is 0 Å². The van der Waals surface area contributed by atoms with Gasteiger partial charge in [0.15, 0.2) is 5.43 Å². The van der Waals surface area contributed by atoms with Gasteiger partial charge in [0.25, 0.3) is 0 Å². The van der Waals surface area contributed by atoms with Crippen molar-refractivity contribution in [2.75, 3.05) is 0 Å². The predicted molar refractivity (Wildman–Crippen MR) is 77.9 cm³/mol. The van der Waals surface area contributed by atoms with Gasteiger partial charge in [-0.3, -0.25) is 4.79 Å². The fraction of sp³-hybridized carbons (Fsp3) is 0. The zero-order chi connectivity index (χ0) is 13.1. The van der Waals surface area contributed by atoms with Gasteiger partial charge >= 0.3 is 0 Å². The quantitative estimate of drug-likeness (QED) is 0.735. The van der Waals surface area contributed by atoms with Crippen LogP contribution in [-0.2, 0) is 0 Å². The van der Waals surface area contributed by atoms with Crippen molar-refractivity contribution in [2.24, 2.45) is 0 Å². The molecule has 0 bridgehead atoms. The van der Waals surface area contributed by atoms with E-state index in [1.54, 1.807) is 12.3 Å². The number of H-pyrrole nitrogens is 1. The van der Waals surface area contributed by atoms with Gasteiger partial charge in [-0.05, 0) is 16.7 Å². The lowest BCUT2D eigenvalue weighted by atomic mass is 10.0. The summed E-state index contributed by atoms with van der Waals surface area (Å²) in [5.41, 5.74) is 4.23. The molecule has 0 saturated heterocycles. The van der Waals surface area contributed by atoms with Crippen molar-refractivity contribution in [2.45, 2.75) is 0 Å². The highest BCUT2D eigenvalue weighted by atomic mass is 16.1. The molecule has 0 fully saturated rings.